The molecule has 1 saturated carbocycles. The van der Waals surface area contributed by atoms with E-state index >= 15 is 0 Å². The van der Waals surface area contributed by atoms with Crippen molar-refractivity contribution in [1.82, 2.24) is 10.6 Å². The Hall–Kier alpha value is -2.37. The molecular weight excluding hydrogens is 294 g/mol. The van der Waals surface area contributed by atoms with Crippen LogP contribution in [0, 0.1) is 0 Å². The van der Waals surface area contributed by atoms with Crippen molar-refractivity contribution in [3.05, 3.63) is 29.8 Å². The Labute approximate surface area is 136 Å². The number of hydrogen-bond donors (Lipinski definition) is 3. The van der Waals surface area contributed by atoms with Crippen molar-refractivity contribution >= 4 is 23.4 Å². The van der Waals surface area contributed by atoms with Crippen LogP contribution < -0.4 is 16.0 Å². The summed E-state index contributed by atoms with van der Waals surface area (Å²) in [5.41, 5.74) is 0.714. The first-order valence-corrected chi connectivity index (χ1v) is 8.11. The van der Waals surface area contributed by atoms with E-state index in [1.165, 1.54) is 0 Å². The molecule has 23 heavy (non-hydrogen) atoms. The summed E-state index contributed by atoms with van der Waals surface area (Å²) < 4.78 is 0. The fraction of sp³-hybridized carbons (Fsp3) is 0.471. The molecule has 124 valence electrons. The summed E-state index contributed by atoms with van der Waals surface area (Å²) in [6.07, 6.45) is 4.87. The summed E-state index contributed by atoms with van der Waals surface area (Å²) in [6, 6.07) is 6.91. The molecule has 0 heterocycles. The van der Waals surface area contributed by atoms with Crippen LogP contribution in [0.3, 0.4) is 0 Å². The molecule has 3 amide bonds. The number of hydrogen-bond acceptors (Lipinski definition) is 3. The van der Waals surface area contributed by atoms with Crippen LogP contribution in [0.2, 0.25) is 0 Å². The minimum atomic E-state index is -0.756. The number of carbonyl (C=O) groups excluding carboxylic acids is 3. The monoisotopic (exact) mass is 317 g/mol. The lowest BCUT2D eigenvalue weighted by molar-refractivity contribution is -0.136. The zero-order valence-electron chi connectivity index (χ0n) is 13.4. The lowest BCUT2D eigenvalue weighted by Gasteiger charge is -2.11. The van der Waals surface area contributed by atoms with Gasteiger partial charge in [-0.1, -0.05) is 31.9 Å². The maximum atomic E-state index is 12.1. The number of carbonyl (C=O) groups is 3. The Morgan fingerprint density at radius 2 is 1.83 bits per heavy atom. The van der Waals surface area contributed by atoms with E-state index in [0.29, 0.717) is 17.8 Å². The third kappa shape index (κ3) is 5.39. The molecule has 1 aromatic carbocycles. The number of anilines is 1. The standard InChI is InChI=1S/C17H23N3O3/c1-2-3-6-11-18-16(22)17(23)20-14-8-5-4-7-13(14)15(21)19-12-9-10-12/h4-5,7-8,12H,2-3,6,9-11H2,1H3,(H,18,22)(H,19,21)(H,20,23). The molecule has 1 aliphatic rings. The van der Waals surface area contributed by atoms with Crippen molar-refractivity contribution < 1.29 is 14.4 Å². The molecule has 2 rings (SSSR count). The number of unbranched alkanes of at least 4 members (excludes halogenated alkanes) is 2. The minimum Gasteiger partial charge on any atom is -0.349 e. The lowest BCUT2D eigenvalue weighted by atomic mass is 10.1. The molecule has 1 aromatic rings. The van der Waals surface area contributed by atoms with Crippen molar-refractivity contribution in [3.63, 3.8) is 0 Å². The predicted octanol–water partition coefficient (Wildman–Crippen LogP) is 1.82. The van der Waals surface area contributed by atoms with Gasteiger partial charge in [0.05, 0.1) is 11.3 Å². The van der Waals surface area contributed by atoms with Crippen LogP contribution >= 0.6 is 0 Å². The van der Waals surface area contributed by atoms with E-state index < -0.39 is 11.8 Å². The van der Waals surface area contributed by atoms with Crippen LogP contribution in [0.25, 0.3) is 0 Å². The molecule has 6 heteroatoms. The fourth-order valence-electron chi connectivity index (χ4n) is 2.12. The molecule has 0 aromatic heterocycles. The van der Waals surface area contributed by atoms with Gasteiger partial charge in [0.1, 0.15) is 0 Å². The predicted molar refractivity (Wildman–Crippen MR) is 88.1 cm³/mol. The molecule has 0 unspecified atom stereocenters. The summed E-state index contributed by atoms with van der Waals surface area (Å²) in [5, 5.41) is 7.96. The number of rotatable bonds is 7. The van der Waals surface area contributed by atoms with Gasteiger partial charge in [0, 0.05) is 12.6 Å². The van der Waals surface area contributed by atoms with Crippen LogP contribution in [0.1, 0.15) is 49.4 Å². The molecule has 0 bridgehead atoms. The minimum absolute atomic E-state index is 0.230. The van der Waals surface area contributed by atoms with Gasteiger partial charge < -0.3 is 16.0 Å². The second-order valence-corrected chi connectivity index (χ2v) is 5.71. The average Bonchev–Trinajstić information content (AvgIpc) is 3.35. The molecule has 0 radical (unpaired) electrons. The van der Waals surface area contributed by atoms with E-state index in [1.54, 1.807) is 24.3 Å². The van der Waals surface area contributed by atoms with Crippen LogP contribution in [0.5, 0.6) is 0 Å². The van der Waals surface area contributed by atoms with Crippen molar-refractivity contribution in [3.8, 4) is 0 Å². The molecule has 6 nitrogen and oxygen atoms in total. The highest BCUT2D eigenvalue weighted by atomic mass is 16.2. The highest BCUT2D eigenvalue weighted by Crippen LogP contribution is 2.21. The zero-order valence-corrected chi connectivity index (χ0v) is 13.4. The second kappa shape index (κ2) is 8.31. The molecule has 1 fully saturated rings. The highest BCUT2D eigenvalue weighted by molar-refractivity contribution is 6.40. The topological polar surface area (TPSA) is 87.3 Å². The normalized spacial score (nSPS) is 13.3. The number of para-hydroxylation sites is 1. The molecule has 0 saturated heterocycles. The smallest absolute Gasteiger partial charge is 0.313 e. The first kappa shape index (κ1) is 17.0. The molecule has 0 aliphatic heterocycles. The molecule has 3 N–H and O–H groups in total. The van der Waals surface area contributed by atoms with Crippen LogP contribution in [0.4, 0.5) is 5.69 Å². The second-order valence-electron chi connectivity index (χ2n) is 5.71. The third-order valence-electron chi connectivity index (χ3n) is 3.60. The van der Waals surface area contributed by atoms with Crippen molar-refractivity contribution in [2.24, 2.45) is 0 Å². The first-order valence-electron chi connectivity index (χ1n) is 8.11. The fourth-order valence-corrected chi connectivity index (χ4v) is 2.12. The Morgan fingerprint density at radius 3 is 2.52 bits per heavy atom. The van der Waals surface area contributed by atoms with Crippen molar-refractivity contribution in [1.29, 1.82) is 0 Å². The number of amides is 3. The Bertz CT molecular complexity index is 582. The van der Waals surface area contributed by atoms with Gasteiger partial charge in [0.15, 0.2) is 0 Å². The van der Waals surface area contributed by atoms with Gasteiger partial charge in [-0.3, -0.25) is 14.4 Å². The van der Waals surface area contributed by atoms with E-state index in [9.17, 15) is 14.4 Å². The van der Waals surface area contributed by atoms with Gasteiger partial charge in [-0.25, -0.2) is 0 Å². The Kier molecular flexibility index (Phi) is 6.14. The van der Waals surface area contributed by atoms with Crippen LogP contribution in [-0.4, -0.2) is 30.3 Å². The van der Waals surface area contributed by atoms with Crippen molar-refractivity contribution in [2.75, 3.05) is 11.9 Å². The maximum Gasteiger partial charge on any atom is 0.313 e. The SMILES string of the molecule is CCCCCNC(=O)C(=O)Nc1ccccc1C(=O)NC1CC1. The van der Waals surface area contributed by atoms with Gasteiger partial charge in [-0.05, 0) is 31.4 Å². The maximum absolute atomic E-state index is 12.1. The molecule has 0 spiro atoms. The highest BCUT2D eigenvalue weighted by Gasteiger charge is 2.25. The number of nitrogens with one attached hydrogen (secondary N) is 3. The van der Waals surface area contributed by atoms with Crippen molar-refractivity contribution in [2.45, 2.75) is 45.1 Å². The van der Waals surface area contributed by atoms with Gasteiger partial charge in [0.2, 0.25) is 0 Å². The van der Waals surface area contributed by atoms with Gasteiger partial charge in [0.25, 0.3) is 5.91 Å². The lowest BCUT2D eigenvalue weighted by Crippen LogP contribution is -2.36. The largest absolute Gasteiger partial charge is 0.349 e. The van der Waals surface area contributed by atoms with E-state index in [1.807, 2.05) is 0 Å². The van der Waals surface area contributed by atoms with Gasteiger partial charge >= 0.3 is 11.8 Å². The quantitative estimate of drug-likeness (QED) is 0.529. The van der Waals surface area contributed by atoms with Gasteiger partial charge in [-0.2, -0.15) is 0 Å². The van der Waals surface area contributed by atoms with E-state index in [0.717, 1.165) is 32.1 Å². The third-order valence-corrected chi connectivity index (χ3v) is 3.60. The van der Waals surface area contributed by atoms with Gasteiger partial charge in [-0.15, -0.1) is 0 Å². The average molecular weight is 317 g/mol. The first-order chi connectivity index (χ1) is 11.1. The number of benzene rings is 1. The summed E-state index contributed by atoms with van der Waals surface area (Å²) in [4.78, 5) is 35.8. The van der Waals surface area contributed by atoms with Crippen LogP contribution in [0.15, 0.2) is 24.3 Å². The van der Waals surface area contributed by atoms with E-state index in [-0.39, 0.29) is 11.9 Å². The van der Waals surface area contributed by atoms with E-state index in [4.69, 9.17) is 0 Å². The van der Waals surface area contributed by atoms with E-state index in [2.05, 4.69) is 22.9 Å². The molecule has 0 atom stereocenters. The summed E-state index contributed by atoms with van der Waals surface area (Å²) in [6.45, 7) is 2.54. The molecular formula is C17H23N3O3. The Balaban J connectivity index is 1.92. The Morgan fingerprint density at radius 1 is 1.09 bits per heavy atom. The summed E-state index contributed by atoms with van der Waals surface area (Å²) >= 11 is 0. The van der Waals surface area contributed by atoms with Crippen LogP contribution in [-0.2, 0) is 9.59 Å². The summed E-state index contributed by atoms with van der Waals surface area (Å²) in [7, 11) is 0. The zero-order chi connectivity index (χ0) is 16.7. The molecule has 1 aliphatic carbocycles. The summed E-state index contributed by atoms with van der Waals surface area (Å²) in [5.74, 6) is -1.67.